The summed E-state index contributed by atoms with van der Waals surface area (Å²) in [7, 11) is -4.49. The van der Waals surface area contributed by atoms with E-state index >= 15 is 0 Å². The van der Waals surface area contributed by atoms with Crippen molar-refractivity contribution in [2.24, 2.45) is 5.92 Å². The minimum absolute atomic E-state index is 0.0105. The van der Waals surface area contributed by atoms with E-state index in [0.717, 1.165) is 27.2 Å². The molecular formula is C24H31N2O6P. The molecule has 0 aliphatic carbocycles. The Labute approximate surface area is 194 Å². The standard InChI is InChI=1S/C24H31N2O6P/c1-17(2)13-25(16-33(29,30)31)24(28)26-14-20-10-9-18(3)11-21(20)12-22(26)23(27)32-15-19-7-5-4-6-8-19/h4-11,17,22H,12-16H2,1-3H3,(H2,29,30,31)/t22-/m1/s1. The summed E-state index contributed by atoms with van der Waals surface area (Å²) in [5, 5.41) is 0. The Kier molecular flexibility index (Phi) is 7.95. The molecule has 0 saturated heterocycles. The summed E-state index contributed by atoms with van der Waals surface area (Å²) < 4.78 is 17.3. The number of hydrogen-bond donors (Lipinski definition) is 2. The van der Waals surface area contributed by atoms with Crippen LogP contribution in [0.4, 0.5) is 4.79 Å². The lowest BCUT2D eigenvalue weighted by Gasteiger charge is -2.39. The molecule has 0 aromatic heterocycles. The predicted molar refractivity (Wildman–Crippen MR) is 124 cm³/mol. The van der Waals surface area contributed by atoms with Gasteiger partial charge in [0, 0.05) is 19.5 Å². The molecule has 1 atom stereocenters. The Balaban J connectivity index is 1.88. The van der Waals surface area contributed by atoms with Crippen molar-refractivity contribution < 1.29 is 28.7 Å². The van der Waals surface area contributed by atoms with Gasteiger partial charge in [-0.3, -0.25) is 4.57 Å². The number of urea groups is 1. The van der Waals surface area contributed by atoms with Crippen LogP contribution >= 0.6 is 7.60 Å². The summed E-state index contributed by atoms with van der Waals surface area (Å²) in [6.07, 6.45) is -0.422. The van der Waals surface area contributed by atoms with E-state index in [1.807, 2.05) is 69.3 Å². The number of ether oxygens (including phenoxy) is 1. The molecule has 8 nitrogen and oxygen atoms in total. The van der Waals surface area contributed by atoms with Gasteiger partial charge in [-0.05, 0) is 29.5 Å². The fourth-order valence-corrected chi connectivity index (χ4v) is 4.67. The largest absolute Gasteiger partial charge is 0.459 e. The third kappa shape index (κ3) is 6.90. The summed E-state index contributed by atoms with van der Waals surface area (Å²) in [4.78, 5) is 48.2. The second-order valence-electron chi connectivity index (χ2n) is 8.92. The van der Waals surface area contributed by atoms with Gasteiger partial charge in [-0.25, -0.2) is 9.59 Å². The van der Waals surface area contributed by atoms with Gasteiger partial charge in [-0.2, -0.15) is 0 Å². The number of rotatable bonds is 7. The highest BCUT2D eigenvalue weighted by molar-refractivity contribution is 7.51. The van der Waals surface area contributed by atoms with E-state index in [1.54, 1.807) is 0 Å². The van der Waals surface area contributed by atoms with Crippen molar-refractivity contribution >= 4 is 19.6 Å². The Morgan fingerprint density at radius 1 is 1.15 bits per heavy atom. The van der Waals surface area contributed by atoms with Crippen LogP contribution in [0, 0.1) is 12.8 Å². The number of benzene rings is 2. The molecule has 2 amide bonds. The second kappa shape index (κ2) is 10.5. The first kappa shape index (κ1) is 25.0. The van der Waals surface area contributed by atoms with Crippen molar-refractivity contribution in [3.63, 3.8) is 0 Å². The number of carbonyl (C=O) groups is 2. The normalized spacial score (nSPS) is 15.8. The molecule has 33 heavy (non-hydrogen) atoms. The quantitative estimate of drug-likeness (QED) is 0.468. The molecule has 0 bridgehead atoms. The van der Waals surface area contributed by atoms with Gasteiger partial charge in [0.15, 0.2) is 0 Å². The van der Waals surface area contributed by atoms with E-state index in [1.165, 1.54) is 4.90 Å². The zero-order valence-corrected chi connectivity index (χ0v) is 20.1. The van der Waals surface area contributed by atoms with Crippen LogP contribution < -0.4 is 0 Å². The van der Waals surface area contributed by atoms with E-state index in [0.29, 0.717) is 0 Å². The Morgan fingerprint density at radius 2 is 1.85 bits per heavy atom. The highest BCUT2D eigenvalue weighted by atomic mass is 31.2. The van der Waals surface area contributed by atoms with Crippen LogP contribution in [0.3, 0.4) is 0 Å². The molecular weight excluding hydrogens is 443 g/mol. The molecule has 0 spiro atoms. The van der Waals surface area contributed by atoms with Crippen LogP contribution in [-0.4, -0.2) is 50.5 Å². The van der Waals surface area contributed by atoms with Crippen LogP contribution in [0.1, 0.15) is 36.1 Å². The van der Waals surface area contributed by atoms with E-state index < -0.39 is 31.9 Å². The van der Waals surface area contributed by atoms with E-state index in [4.69, 9.17) is 4.74 Å². The smallest absolute Gasteiger partial charge is 0.344 e. The number of aryl methyl sites for hydroxylation is 1. The molecule has 0 unspecified atom stereocenters. The fraction of sp³-hybridized carbons (Fsp3) is 0.417. The average molecular weight is 474 g/mol. The van der Waals surface area contributed by atoms with Crippen molar-refractivity contribution in [2.75, 3.05) is 12.8 Å². The van der Waals surface area contributed by atoms with Gasteiger partial charge in [-0.1, -0.05) is 67.9 Å². The van der Waals surface area contributed by atoms with E-state index in [-0.39, 0.29) is 32.0 Å². The zero-order chi connectivity index (χ0) is 24.2. The third-order valence-corrected chi connectivity index (χ3v) is 6.15. The minimum Gasteiger partial charge on any atom is -0.459 e. The van der Waals surface area contributed by atoms with Gasteiger partial charge < -0.3 is 24.3 Å². The van der Waals surface area contributed by atoms with Crippen LogP contribution in [0.25, 0.3) is 0 Å². The lowest BCUT2D eigenvalue weighted by molar-refractivity contribution is -0.151. The SMILES string of the molecule is Cc1ccc2c(c1)C[C@H](C(=O)OCc1ccccc1)N(C(=O)N(CC(C)C)CP(=O)(O)O)C2. The van der Waals surface area contributed by atoms with Crippen LogP contribution in [0.2, 0.25) is 0 Å². The Bertz CT molecular complexity index is 1040. The first-order valence-corrected chi connectivity index (χ1v) is 12.7. The topological polar surface area (TPSA) is 107 Å². The predicted octanol–water partition coefficient (Wildman–Crippen LogP) is 3.68. The summed E-state index contributed by atoms with van der Waals surface area (Å²) >= 11 is 0. The van der Waals surface area contributed by atoms with Crippen LogP contribution in [0.15, 0.2) is 48.5 Å². The van der Waals surface area contributed by atoms with Crippen molar-refractivity contribution in [1.82, 2.24) is 9.80 Å². The van der Waals surface area contributed by atoms with Gasteiger partial charge in [0.1, 0.15) is 18.9 Å². The summed E-state index contributed by atoms with van der Waals surface area (Å²) in [5.41, 5.74) is 3.75. The summed E-state index contributed by atoms with van der Waals surface area (Å²) in [6, 6.07) is 13.7. The van der Waals surface area contributed by atoms with Gasteiger partial charge in [0.05, 0.1) is 0 Å². The average Bonchev–Trinajstić information content (AvgIpc) is 2.75. The van der Waals surface area contributed by atoms with E-state index in [9.17, 15) is 23.9 Å². The Morgan fingerprint density at radius 3 is 2.48 bits per heavy atom. The zero-order valence-electron chi connectivity index (χ0n) is 19.2. The van der Waals surface area contributed by atoms with Crippen molar-refractivity contribution in [3.8, 4) is 0 Å². The second-order valence-corrected chi connectivity index (χ2v) is 10.5. The lowest BCUT2D eigenvalue weighted by atomic mass is 9.92. The maximum absolute atomic E-state index is 13.5. The number of fused-ring (bicyclic) bond motifs is 1. The molecule has 178 valence electrons. The monoisotopic (exact) mass is 474 g/mol. The van der Waals surface area contributed by atoms with Crippen molar-refractivity contribution in [1.29, 1.82) is 0 Å². The number of hydrogen-bond acceptors (Lipinski definition) is 4. The number of amides is 2. The molecule has 3 rings (SSSR count). The maximum atomic E-state index is 13.5. The highest BCUT2D eigenvalue weighted by Gasteiger charge is 2.39. The first-order chi connectivity index (χ1) is 15.5. The van der Waals surface area contributed by atoms with Gasteiger partial charge >= 0.3 is 19.6 Å². The highest BCUT2D eigenvalue weighted by Crippen LogP contribution is 2.36. The molecule has 9 heteroatoms. The van der Waals surface area contributed by atoms with Crippen LogP contribution in [0.5, 0.6) is 0 Å². The molecule has 2 N–H and O–H groups in total. The molecule has 0 radical (unpaired) electrons. The van der Waals surface area contributed by atoms with Gasteiger partial charge in [0.2, 0.25) is 0 Å². The summed E-state index contributed by atoms with van der Waals surface area (Å²) in [6.45, 7) is 6.09. The molecule has 1 aliphatic heterocycles. The lowest BCUT2D eigenvalue weighted by Crippen LogP contribution is -2.54. The molecule has 0 saturated carbocycles. The Hall–Kier alpha value is -2.67. The molecule has 2 aromatic rings. The van der Waals surface area contributed by atoms with Gasteiger partial charge in [-0.15, -0.1) is 0 Å². The number of carbonyl (C=O) groups excluding carboxylic acids is 2. The maximum Gasteiger partial charge on any atom is 0.344 e. The van der Waals surface area contributed by atoms with E-state index in [2.05, 4.69) is 0 Å². The van der Waals surface area contributed by atoms with Crippen LogP contribution in [-0.2, 0) is 33.7 Å². The number of esters is 1. The molecule has 1 aliphatic rings. The summed E-state index contributed by atoms with van der Waals surface area (Å²) in [5.74, 6) is -0.552. The third-order valence-electron chi connectivity index (χ3n) is 5.44. The minimum atomic E-state index is -4.49. The molecule has 2 aromatic carbocycles. The van der Waals surface area contributed by atoms with Crippen molar-refractivity contribution in [3.05, 3.63) is 70.8 Å². The number of nitrogens with zero attached hydrogens (tertiary/aromatic N) is 2. The first-order valence-electron chi connectivity index (χ1n) is 10.9. The molecule has 1 heterocycles. The van der Waals surface area contributed by atoms with Crippen molar-refractivity contribution in [2.45, 2.75) is 46.4 Å². The molecule has 0 fully saturated rings. The fourth-order valence-electron chi connectivity index (χ4n) is 3.99. The van der Waals surface area contributed by atoms with Gasteiger partial charge in [0.25, 0.3) is 0 Å².